The summed E-state index contributed by atoms with van der Waals surface area (Å²) in [5, 5.41) is 76.2. The first-order valence-corrected chi connectivity index (χ1v) is 36.0. The second-order valence-corrected chi connectivity index (χ2v) is 30.1. The molecular formula is C76H104N8O24. The third kappa shape index (κ3) is 18.1. The van der Waals surface area contributed by atoms with Crippen LogP contribution in [0.4, 0.5) is 0 Å². The number of aliphatic hydroxyl groups excluding tert-OH is 8. The van der Waals surface area contributed by atoms with E-state index in [9.17, 15) is 69.0 Å². The van der Waals surface area contributed by atoms with Gasteiger partial charge in [-0.25, -0.2) is 0 Å². The standard InChI is InChI=1S/C23H32N2O6.C21H28N2O6.C17H24N2O6.C15H20N2O6/c1-8-24-15-9-13(2)14(3)10-16(15)25(21(27)20(24)26)11-17-19(31-23(6,7)29-17)18-12-28-22(4,5)30-18;1-11-7-13-14(8-12(11)2)23(19(25)18(24)22-13)9-15-17(29-21(5,6)27-15)16-10-26-20(3,4)28-16;1-4-18-11-5-9(2)10(3)6-12(11)19(17(25)16(18)24)7-13(21)15(23)14(22)8-20;1-7-3-9-10(4-8(7)2)17(15(23)14(22)16-9)5-11(19)13(21)12(20)6-18/h9-10,17-19H,8,11-12H2,1-7H3;7-8,15-17H,9-10H2,1-6H3,(H,22,24);5-6,13-15,20-23H,4,7-8H2,1-3H3;3-4,11-13,18-21H,5-6H2,1-2H3,(H,16,22)/t17-,18+,19-;15-,16+,17-;13-,14+,15-;11-,12+,13-/m0000/s1. The van der Waals surface area contributed by atoms with Crippen LogP contribution in [0.1, 0.15) is 114 Å². The van der Waals surface area contributed by atoms with E-state index in [2.05, 4.69) is 9.97 Å². The molecule has 108 heavy (non-hydrogen) atoms. The highest BCUT2D eigenvalue weighted by atomic mass is 16.8. The summed E-state index contributed by atoms with van der Waals surface area (Å²) in [5.74, 6) is -3.08. The molecule has 10 N–H and O–H groups in total. The molecule has 0 spiro atoms. The minimum Gasteiger partial charge on any atom is -0.394 e. The molecule has 592 valence electrons. The molecule has 0 radical (unpaired) electrons. The Labute approximate surface area is 620 Å². The Morgan fingerprint density at radius 1 is 0.370 bits per heavy atom. The monoisotopic (exact) mass is 1510 g/mol. The number of aryl methyl sites for hydroxylation is 10. The molecule has 0 unspecified atom stereocenters. The first-order chi connectivity index (χ1) is 50.4. The number of nitrogens with one attached hydrogen (secondary N) is 2. The second-order valence-electron chi connectivity index (χ2n) is 30.1. The quantitative estimate of drug-likeness (QED) is 0.0547. The van der Waals surface area contributed by atoms with Crippen LogP contribution >= 0.6 is 0 Å². The second kappa shape index (κ2) is 32.9. The third-order valence-electron chi connectivity index (χ3n) is 20.2. The minimum atomic E-state index is -1.65. The Hall–Kier alpha value is -8.00. The van der Waals surface area contributed by atoms with Crippen molar-refractivity contribution < 1.29 is 78.7 Å². The normalized spacial score (nSPS) is 22.3. The molecule has 4 aliphatic heterocycles. The summed E-state index contributed by atoms with van der Waals surface area (Å²) in [6, 6.07) is 14.7. The van der Waals surface area contributed by atoms with Crippen LogP contribution in [0.3, 0.4) is 0 Å². The van der Waals surface area contributed by atoms with Crippen LogP contribution in [0, 0.1) is 55.4 Å². The fraction of sp³-hybridized carbons (Fsp3) is 0.579. The largest absolute Gasteiger partial charge is 0.394 e. The van der Waals surface area contributed by atoms with Crippen molar-refractivity contribution in [2.24, 2.45) is 0 Å². The number of nitrogens with zero attached hydrogens (tertiary/aromatic N) is 6. The Bertz CT molecular complexity index is 5180. The highest BCUT2D eigenvalue weighted by Gasteiger charge is 2.52. The zero-order valence-corrected chi connectivity index (χ0v) is 64.4. The lowest BCUT2D eigenvalue weighted by atomic mass is 10.1. The predicted octanol–water partition coefficient (Wildman–Crippen LogP) is 1.71. The lowest BCUT2D eigenvalue weighted by Gasteiger charge is -2.25. The number of aliphatic hydroxyl groups is 8. The predicted molar refractivity (Wildman–Crippen MR) is 400 cm³/mol. The van der Waals surface area contributed by atoms with Gasteiger partial charge in [-0.15, -0.1) is 0 Å². The maximum Gasteiger partial charge on any atom is 0.317 e. The zero-order valence-electron chi connectivity index (χ0n) is 64.4. The summed E-state index contributed by atoms with van der Waals surface area (Å²) in [6.07, 6.45) is -11.9. The van der Waals surface area contributed by atoms with Crippen molar-refractivity contribution in [1.29, 1.82) is 0 Å². The molecule has 0 amide bonds. The van der Waals surface area contributed by atoms with Crippen LogP contribution in [-0.2, 0) is 77.2 Å². The number of rotatable bonds is 18. The smallest absolute Gasteiger partial charge is 0.317 e. The van der Waals surface area contributed by atoms with Crippen molar-refractivity contribution in [2.75, 3.05) is 26.4 Å². The lowest BCUT2D eigenvalue weighted by molar-refractivity contribution is -0.174. The molecule has 32 heteroatoms. The average molecular weight is 1510 g/mol. The lowest BCUT2D eigenvalue weighted by Crippen LogP contribution is -2.47. The minimum absolute atomic E-state index is 0.177. The van der Waals surface area contributed by atoms with Crippen LogP contribution in [0.2, 0.25) is 0 Å². The molecule has 8 aromatic rings. The molecule has 4 saturated heterocycles. The van der Waals surface area contributed by atoms with Gasteiger partial charge < -0.3 is 97.8 Å². The number of hydrogen-bond acceptors (Lipinski definition) is 24. The topological polar surface area (TPSA) is 433 Å². The number of fused-ring (bicyclic) bond motifs is 4. The van der Waals surface area contributed by atoms with Gasteiger partial charge in [0.25, 0.3) is 0 Å². The third-order valence-corrected chi connectivity index (χ3v) is 20.2. The molecule has 4 aromatic heterocycles. The molecule has 32 nitrogen and oxygen atoms in total. The summed E-state index contributed by atoms with van der Waals surface area (Å²) >= 11 is 0. The van der Waals surface area contributed by atoms with E-state index in [4.69, 9.17) is 48.1 Å². The van der Waals surface area contributed by atoms with Crippen LogP contribution < -0.4 is 44.5 Å². The fourth-order valence-electron chi connectivity index (χ4n) is 13.8. The molecule has 4 fully saturated rings. The van der Waals surface area contributed by atoms with E-state index in [1.54, 1.807) is 31.2 Å². The highest BCUT2D eigenvalue weighted by Crippen LogP contribution is 2.39. The van der Waals surface area contributed by atoms with E-state index in [1.807, 2.05) is 142 Å². The highest BCUT2D eigenvalue weighted by molar-refractivity contribution is 5.79. The number of hydrogen-bond donors (Lipinski definition) is 10. The molecule has 4 aliphatic rings. The summed E-state index contributed by atoms with van der Waals surface area (Å²) < 4.78 is 56.0. The van der Waals surface area contributed by atoms with E-state index in [0.717, 1.165) is 59.2 Å². The van der Waals surface area contributed by atoms with Gasteiger partial charge in [0.2, 0.25) is 0 Å². The van der Waals surface area contributed by atoms with Gasteiger partial charge in [0.1, 0.15) is 73.2 Å². The van der Waals surface area contributed by atoms with Crippen molar-refractivity contribution in [2.45, 2.75) is 260 Å². The van der Waals surface area contributed by atoms with Gasteiger partial charge in [-0.2, -0.15) is 0 Å². The van der Waals surface area contributed by atoms with E-state index >= 15 is 0 Å². The summed E-state index contributed by atoms with van der Waals surface area (Å²) in [5.41, 5.74) is 6.85. The van der Waals surface area contributed by atoms with Crippen molar-refractivity contribution >= 4 is 44.1 Å². The maximum atomic E-state index is 13.1. The molecular weight excluding hydrogens is 1410 g/mol. The van der Waals surface area contributed by atoms with Crippen LogP contribution in [0.25, 0.3) is 44.1 Å². The van der Waals surface area contributed by atoms with Gasteiger partial charge in [-0.3, -0.25) is 56.6 Å². The fourth-order valence-corrected chi connectivity index (χ4v) is 13.8. The Morgan fingerprint density at radius 3 is 0.981 bits per heavy atom. The van der Waals surface area contributed by atoms with Gasteiger partial charge >= 0.3 is 44.5 Å². The molecule has 0 bridgehead atoms. The van der Waals surface area contributed by atoms with Crippen molar-refractivity contribution in [3.8, 4) is 0 Å². The number of ether oxygens (including phenoxy) is 8. The average Bonchev–Trinajstić information content (AvgIpc) is 1.05. The molecule has 8 heterocycles. The zero-order chi connectivity index (χ0) is 80.0. The van der Waals surface area contributed by atoms with Gasteiger partial charge in [0.15, 0.2) is 23.1 Å². The van der Waals surface area contributed by atoms with E-state index < -0.39 is 142 Å². The van der Waals surface area contributed by atoms with Crippen LogP contribution in [0.5, 0.6) is 0 Å². The maximum absolute atomic E-state index is 13.1. The molecule has 0 aliphatic carbocycles. The summed E-state index contributed by atoms with van der Waals surface area (Å²) in [7, 11) is 0. The van der Waals surface area contributed by atoms with E-state index in [1.165, 1.54) is 18.3 Å². The SMILES string of the molecule is CCn1c(=O)c(=O)n(C[C@@H]2OC(C)(C)O[C@@H]2[C@H]2COC(C)(C)O2)c2cc(C)c(C)cc21.CCn1c(=O)c(=O)n(C[C@H](O)[C@H](O)[C@H](O)CO)c2cc(C)c(C)cc21.Cc1cc2[nH]c(=O)c(=O)n(C[C@@H]3OC(C)(C)O[C@@H]3[C@H]3COC(C)(C)O3)c2cc1C.Cc1cc2[nH]c(=O)c(=O)n(C[C@H](O)[C@H](O)[C@H](O)CO)c2cc1C. The Kier molecular flexibility index (Phi) is 25.6. The van der Waals surface area contributed by atoms with Crippen LogP contribution in [0.15, 0.2) is 86.9 Å². The molecule has 4 aromatic carbocycles. The summed E-state index contributed by atoms with van der Waals surface area (Å²) in [6.45, 7) is 33.4. The van der Waals surface area contributed by atoms with E-state index in [0.29, 0.717) is 64.9 Å². The molecule has 0 saturated carbocycles. The number of aromatic nitrogens is 8. The molecule has 12 rings (SSSR count). The number of aromatic amines is 2. The van der Waals surface area contributed by atoms with Gasteiger partial charge in [-0.1, -0.05) is 0 Å². The Morgan fingerprint density at radius 2 is 0.648 bits per heavy atom. The van der Waals surface area contributed by atoms with Crippen molar-refractivity contribution in [3.63, 3.8) is 0 Å². The van der Waals surface area contributed by atoms with Crippen molar-refractivity contribution in [1.82, 2.24) is 37.4 Å². The summed E-state index contributed by atoms with van der Waals surface area (Å²) in [4.78, 5) is 105. The van der Waals surface area contributed by atoms with Gasteiger partial charge in [0, 0.05) is 13.1 Å². The molecule has 12 atom stereocenters. The van der Waals surface area contributed by atoms with Gasteiger partial charge in [0.05, 0.1) is 96.7 Å². The first-order valence-electron chi connectivity index (χ1n) is 36.0. The number of benzene rings is 4. The first kappa shape index (κ1) is 84.0. The van der Waals surface area contributed by atoms with Gasteiger partial charge in [-0.05, 0) is 218 Å². The van der Waals surface area contributed by atoms with Crippen LogP contribution in [-0.4, -0.2) is 201 Å². The number of H-pyrrole nitrogens is 2. The van der Waals surface area contributed by atoms with Crippen molar-refractivity contribution in [3.05, 3.63) is 176 Å². The van der Waals surface area contributed by atoms with E-state index in [-0.39, 0.29) is 38.4 Å². The Balaban J connectivity index is 0.000000167.